The van der Waals surface area contributed by atoms with Gasteiger partial charge in [0.25, 0.3) is 0 Å². The van der Waals surface area contributed by atoms with Crippen LogP contribution >= 0.6 is 11.6 Å². The summed E-state index contributed by atoms with van der Waals surface area (Å²) in [5.41, 5.74) is 3.00. The average molecular weight is 287 g/mol. The molecule has 3 aromatic rings. The number of nitrogens with one attached hydrogen (secondary N) is 1. The molecule has 0 saturated heterocycles. The highest BCUT2D eigenvalue weighted by Gasteiger charge is 2.06. The van der Waals surface area contributed by atoms with Crippen LogP contribution in [0.4, 0.5) is 5.69 Å². The van der Waals surface area contributed by atoms with Gasteiger partial charge >= 0.3 is 0 Å². The Morgan fingerprint density at radius 2 is 2.10 bits per heavy atom. The van der Waals surface area contributed by atoms with Gasteiger partial charge in [0, 0.05) is 30.0 Å². The first-order chi connectivity index (χ1) is 9.79. The summed E-state index contributed by atoms with van der Waals surface area (Å²) in [7, 11) is 0. The van der Waals surface area contributed by atoms with Crippen LogP contribution in [0.3, 0.4) is 0 Å². The first-order valence-corrected chi connectivity index (χ1v) is 6.95. The highest BCUT2D eigenvalue weighted by molar-refractivity contribution is 6.35. The largest absolute Gasteiger partial charge is 0.379 e. The third kappa shape index (κ3) is 2.34. The molecule has 0 spiro atoms. The molecular formula is C15H15ClN4. The summed E-state index contributed by atoms with van der Waals surface area (Å²) in [5.74, 6) is 0. The van der Waals surface area contributed by atoms with E-state index in [1.54, 1.807) is 6.20 Å². The summed E-state index contributed by atoms with van der Waals surface area (Å²) in [6, 6.07) is 9.82. The van der Waals surface area contributed by atoms with Crippen molar-refractivity contribution in [3.8, 4) is 0 Å². The van der Waals surface area contributed by atoms with Crippen LogP contribution < -0.4 is 5.32 Å². The molecule has 0 amide bonds. The predicted molar refractivity (Wildman–Crippen MR) is 82.0 cm³/mol. The van der Waals surface area contributed by atoms with Gasteiger partial charge in [-0.2, -0.15) is 5.10 Å². The molecule has 0 bridgehead atoms. The second-order valence-corrected chi connectivity index (χ2v) is 4.89. The lowest BCUT2D eigenvalue weighted by molar-refractivity contribution is 0.628. The third-order valence-electron chi connectivity index (χ3n) is 3.28. The number of pyridine rings is 1. The maximum atomic E-state index is 6.17. The molecule has 1 N–H and O–H groups in total. The van der Waals surface area contributed by atoms with Crippen LogP contribution in [0.2, 0.25) is 5.02 Å². The highest BCUT2D eigenvalue weighted by atomic mass is 35.5. The molecule has 1 aromatic carbocycles. The topological polar surface area (TPSA) is 42.7 Å². The number of benzene rings is 1. The summed E-state index contributed by atoms with van der Waals surface area (Å²) in [5, 5.41) is 9.40. The standard InChI is InChI=1S/C15H15ClN4/c1-2-20-11(7-9-19-20)10-18-14-6-5-13(16)15-12(14)4-3-8-17-15/h3-9,18H,2,10H2,1H3. The van der Waals surface area contributed by atoms with E-state index >= 15 is 0 Å². The fourth-order valence-electron chi connectivity index (χ4n) is 2.27. The van der Waals surface area contributed by atoms with E-state index in [2.05, 4.69) is 22.3 Å². The van der Waals surface area contributed by atoms with Gasteiger partial charge in [0.15, 0.2) is 0 Å². The normalized spacial score (nSPS) is 10.9. The van der Waals surface area contributed by atoms with Crippen molar-refractivity contribution in [2.75, 3.05) is 5.32 Å². The molecule has 0 aliphatic heterocycles. The Balaban J connectivity index is 1.90. The van der Waals surface area contributed by atoms with E-state index in [1.165, 1.54) is 0 Å². The summed E-state index contributed by atoms with van der Waals surface area (Å²) in [4.78, 5) is 4.33. The van der Waals surface area contributed by atoms with Gasteiger partial charge in [-0.05, 0) is 37.3 Å². The molecule has 20 heavy (non-hydrogen) atoms. The number of hydrogen-bond acceptors (Lipinski definition) is 3. The van der Waals surface area contributed by atoms with Gasteiger partial charge in [0.05, 0.1) is 22.8 Å². The van der Waals surface area contributed by atoms with Gasteiger partial charge in [-0.1, -0.05) is 11.6 Å². The SMILES string of the molecule is CCn1nccc1CNc1ccc(Cl)c2ncccc12. The lowest BCUT2D eigenvalue weighted by Crippen LogP contribution is -2.08. The minimum Gasteiger partial charge on any atom is -0.379 e. The molecule has 0 saturated carbocycles. The van der Waals surface area contributed by atoms with Gasteiger partial charge in [0.1, 0.15) is 0 Å². The Kier molecular flexibility index (Phi) is 3.56. The number of hydrogen-bond donors (Lipinski definition) is 1. The van der Waals surface area contributed by atoms with Crippen molar-refractivity contribution in [2.45, 2.75) is 20.0 Å². The minimum absolute atomic E-state index is 0.671. The van der Waals surface area contributed by atoms with E-state index in [1.807, 2.05) is 41.2 Å². The predicted octanol–water partition coefficient (Wildman–Crippen LogP) is 3.72. The third-order valence-corrected chi connectivity index (χ3v) is 3.59. The number of anilines is 1. The zero-order valence-corrected chi connectivity index (χ0v) is 11.9. The molecule has 0 aliphatic carbocycles. The minimum atomic E-state index is 0.671. The zero-order valence-electron chi connectivity index (χ0n) is 11.2. The Morgan fingerprint density at radius 3 is 2.95 bits per heavy atom. The van der Waals surface area contributed by atoms with E-state index in [-0.39, 0.29) is 0 Å². The Bertz CT molecular complexity index is 736. The van der Waals surface area contributed by atoms with Gasteiger partial charge in [-0.25, -0.2) is 0 Å². The van der Waals surface area contributed by atoms with Crippen molar-refractivity contribution in [1.82, 2.24) is 14.8 Å². The molecule has 2 aromatic heterocycles. The van der Waals surface area contributed by atoms with Crippen LogP contribution in [0.25, 0.3) is 10.9 Å². The Labute approximate surface area is 122 Å². The number of fused-ring (bicyclic) bond motifs is 1. The van der Waals surface area contributed by atoms with Crippen molar-refractivity contribution in [1.29, 1.82) is 0 Å². The summed E-state index contributed by atoms with van der Waals surface area (Å²) in [6.45, 7) is 3.67. The van der Waals surface area contributed by atoms with E-state index < -0.39 is 0 Å². The molecule has 0 fully saturated rings. The molecule has 0 aliphatic rings. The molecular weight excluding hydrogens is 272 g/mol. The van der Waals surface area contributed by atoms with Crippen molar-refractivity contribution in [3.05, 3.63) is 53.4 Å². The number of aryl methyl sites for hydroxylation is 1. The molecule has 4 nitrogen and oxygen atoms in total. The number of nitrogens with zero attached hydrogens (tertiary/aromatic N) is 3. The fraction of sp³-hybridized carbons (Fsp3) is 0.200. The summed E-state index contributed by atoms with van der Waals surface area (Å²) >= 11 is 6.17. The van der Waals surface area contributed by atoms with E-state index in [0.717, 1.165) is 35.4 Å². The second kappa shape index (κ2) is 5.51. The maximum Gasteiger partial charge on any atom is 0.0908 e. The first-order valence-electron chi connectivity index (χ1n) is 6.57. The Morgan fingerprint density at radius 1 is 1.20 bits per heavy atom. The van der Waals surface area contributed by atoms with Crippen LogP contribution in [0.1, 0.15) is 12.6 Å². The van der Waals surface area contributed by atoms with E-state index in [9.17, 15) is 0 Å². The molecule has 0 radical (unpaired) electrons. The number of rotatable bonds is 4. The lowest BCUT2D eigenvalue weighted by atomic mass is 10.2. The molecule has 5 heteroatoms. The van der Waals surface area contributed by atoms with E-state index in [0.29, 0.717) is 5.02 Å². The van der Waals surface area contributed by atoms with Gasteiger partial charge in [0.2, 0.25) is 0 Å². The average Bonchev–Trinajstić information content (AvgIpc) is 2.94. The zero-order chi connectivity index (χ0) is 13.9. The molecule has 0 unspecified atom stereocenters. The second-order valence-electron chi connectivity index (χ2n) is 4.49. The van der Waals surface area contributed by atoms with Crippen LogP contribution in [0.15, 0.2) is 42.7 Å². The van der Waals surface area contributed by atoms with Crippen LogP contribution in [0.5, 0.6) is 0 Å². The lowest BCUT2D eigenvalue weighted by Gasteiger charge is -2.11. The maximum absolute atomic E-state index is 6.17. The van der Waals surface area contributed by atoms with Crippen molar-refractivity contribution in [2.24, 2.45) is 0 Å². The van der Waals surface area contributed by atoms with Crippen molar-refractivity contribution >= 4 is 28.2 Å². The Hall–Kier alpha value is -2.07. The smallest absolute Gasteiger partial charge is 0.0908 e. The van der Waals surface area contributed by atoms with Gasteiger partial charge in [-0.3, -0.25) is 9.67 Å². The number of aromatic nitrogens is 3. The van der Waals surface area contributed by atoms with Gasteiger partial charge in [-0.15, -0.1) is 0 Å². The molecule has 0 atom stereocenters. The molecule has 3 rings (SSSR count). The number of halogens is 1. The highest BCUT2D eigenvalue weighted by Crippen LogP contribution is 2.28. The quantitative estimate of drug-likeness (QED) is 0.795. The monoisotopic (exact) mass is 286 g/mol. The van der Waals surface area contributed by atoms with Crippen LogP contribution in [-0.4, -0.2) is 14.8 Å². The summed E-state index contributed by atoms with van der Waals surface area (Å²) < 4.78 is 1.98. The van der Waals surface area contributed by atoms with E-state index in [4.69, 9.17) is 11.6 Å². The van der Waals surface area contributed by atoms with Gasteiger partial charge < -0.3 is 5.32 Å². The molecule has 2 heterocycles. The van der Waals surface area contributed by atoms with Crippen LogP contribution in [0, 0.1) is 0 Å². The summed E-state index contributed by atoms with van der Waals surface area (Å²) in [6.07, 6.45) is 3.58. The fourth-order valence-corrected chi connectivity index (χ4v) is 2.49. The van der Waals surface area contributed by atoms with Crippen molar-refractivity contribution in [3.63, 3.8) is 0 Å². The van der Waals surface area contributed by atoms with Crippen LogP contribution in [-0.2, 0) is 13.1 Å². The molecule has 102 valence electrons. The first kappa shape index (κ1) is 12.9. The van der Waals surface area contributed by atoms with Crippen molar-refractivity contribution < 1.29 is 0 Å².